The summed E-state index contributed by atoms with van der Waals surface area (Å²) < 4.78 is 0. The lowest BCUT2D eigenvalue weighted by Crippen LogP contribution is -2.66. The first-order valence-electron chi connectivity index (χ1n) is 10.9. The first-order valence-corrected chi connectivity index (χ1v) is 10.9. The van der Waals surface area contributed by atoms with E-state index in [9.17, 15) is 9.59 Å². The number of piperidine rings is 3. The van der Waals surface area contributed by atoms with E-state index in [0.29, 0.717) is 35.7 Å². The fraction of sp³-hybridized carbons (Fsp3) is 0.545. The van der Waals surface area contributed by atoms with Crippen molar-refractivity contribution in [3.8, 4) is 0 Å². The molecular weight excluding hydrogens is 380 g/mol. The highest BCUT2D eigenvalue weighted by molar-refractivity contribution is 5.94. The van der Waals surface area contributed by atoms with E-state index < -0.39 is 0 Å². The molecule has 0 radical (unpaired) electrons. The van der Waals surface area contributed by atoms with Gasteiger partial charge in [0.2, 0.25) is 0 Å². The number of hydrogen-bond donors (Lipinski definition) is 2. The summed E-state index contributed by atoms with van der Waals surface area (Å²) in [6.07, 6.45) is 9.64. The highest BCUT2D eigenvalue weighted by Crippen LogP contribution is 2.41. The van der Waals surface area contributed by atoms with Crippen LogP contribution in [0.1, 0.15) is 46.5 Å². The van der Waals surface area contributed by atoms with Crippen LogP contribution in [0.3, 0.4) is 0 Å². The van der Waals surface area contributed by atoms with Gasteiger partial charge in [-0.2, -0.15) is 5.10 Å². The zero-order valence-electron chi connectivity index (χ0n) is 17.0. The number of likely N-dealkylation sites (tertiary alicyclic amines) is 1. The highest BCUT2D eigenvalue weighted by atomic mass is 16.2. The molecule has 0 spiro atoms. The number of carbonyl (C=O) groups is 2. The summed E-state index contributed by atoms with van der Waals surface area (Å²) >= 11 is 0. The summed E-state index contributed by atoms with van der Waals surface area (Å²) in [7, 11) is 0. The first kappa shape index (κ1) is 19.2. The molecule has 2 aromatic rings. The summed E-state index contributed by atoms with van der Waals surface area (Å²) in [6.45, 7) is 3.22. The van der Waals surface area contributed by atoms with E-state index in [1.165, 1.54) is 19.3 Å². The number of H-pyrrole nitrogens is 1. The van der Waals surface area contributed by atoms with Gasteiger partial charge in [-0.1, -0.05) is 6.42 Å². The molecule has 2 bridgehead atoms. The smallest absolute Gasteiger partial charge is 0.271 e. The predicted molar refractivity (Wildman–Crippen MR) is 111 cm³/mol. The van der Waals surface area contributed by atoms with E-state index in [1.54, 1.807) is 36.8 Å². The number of nitrogens with zero attached hydrogens (tertiary/aromatic N) is 4. The molecule has 2 aromatic heterocycles. The molecule has 0 aromatic carbocycles. The van der Waals surface area contributed by atoms with Gasteiger partial charge in [0, 0.05) is 50.3 Å². The van der Waals surface area contributed by atoms with Gasteiger partial charge in [0.05, 0.1) is 5.56 Å². The molecule has 8 nitrogen and oxygen atoms in total. The van der Waals surface area contributed by atoms with Crippen LogP contribution in [0.5, 0.6) is 0 Å². The van der Waals surface area contributed by atoms with Crippen molar-refractivity contribution in [2.75, 3.05) is 26.2 Å². The normalized spacial score (nSPS) is 28.6. The Morgan fingerprint density at radius 1 is 1.17 bits per heavy atom. The maximum atomic E-state index is 13.0. The van der Waals surface area contributed by atoms with E-state index >= 15 is 0 Å². The van der Waals surface area contributed by atoms with Crippen LogP contribution in [-0.2, 0) is 0 Å². The van der Waals surface area contributed by atoms with E-state index in [2.05, 4.69) is 25.4 Å². The van der Waals surface area contributed by atoms with E-state index in [0.717, 1.165) is 26.1 Å². The molecule has 2 amide bonds. The monoisotopic (exact) mass is 408 g/mol. The Kier molecular flexibility index (Phi) is 5.25. The Labute approximate surface area is 176 Å². The maximum Gasteiger partial charge on any atom is 0.271 e. The van der Waals surface area contributed by atoms with Gasteiger partial charge in [-0.05, 0) is 55.8 Å². The van der Waals surface area contributed by atoms with Crippen molar-refractivity contribution in [2.24, 2.45) is 11.8 Å². The lowest BCUT2D eigenvalue weighted by atomic mass is 9.72. The molecule has 3 aliphatic rings. The van der Waals surface area contributed by atoms with E-state index in [1.807, 2.05) is 4.90 Å². The first-order chi connectivity index (χ1) is 14.7. The van der Waals surface area contributed by atoms with Crippen molar-refractivity contribution in [2.45, 2.75) is 37.8 Å². The Bertz CT molecular complexity index is 886. The Hall–Kier alpha value is -2.74. The van der Waals surface area contributed by atoms with Crippen molar-refractivity contribution in [1.82, 2.24) is 30.3 Å². The minimum Gasteiger partial charge on any atom is -0.350 e. The number of hydrogen-bond acceptors (Lipinski definition) is 5. The number of nitrogens with one attached hydrogen (secondary N) is 2. The van der Waals surface area contributed by atoms with Gasteiger partial charge in [0.15, 0.2) is 0 Å². The second-order valence-corrected chi connectivity index (χ2v) is 8.76. The lowest BCUT2D eigenvalue weighted by Gasteiger charge is -2.56. The largest absolute Gasteiger partial charge is 0.350 e. The zero-order chi connectivity index (χ0) is 20.5. The predicted octanol–water partition coefficient (Wildman–Crippen LogP) is 1.55. The molecule has 3 aliphatic heterocycles. The topological polar surface area (TPSA) is 94.2 Å². The van der Waals surface area contributed by atoms with Crippen LogP contribution >= 0.6 is 0 Å². The van der Waals surface area contributed by atoms with E-state index in [-0.39, 0.29) is 17.9 Å². The molecule has 2 N–H and O–H groups in total. The number of rotatable bonds is 4. The fourth-order valence-electron chi connectivity index (χ4n) is 5.70. The molecule has 3 saturated heterocycles. The van der Waals surface area contributed by atoms with Gasteiger partial charge in [0.1, 0.15) is 5.69 Å². The summed E-state index contributed by atoms with van der Waals surface area (Å²) in [5.41, 5.74) is 1.14. The zero-order valence-corrected chi connectivity index (χ0v) is 17.0. The van der Waals surface area contributed by atoms with Crippen LogP contribution in [0.4, 0.5) is 0 Å². The van der Waals surface area contributed by atoms with Crippen molar-refractivity contribution < 1.29 is 9.59 Å². The van der Waals surface area contributed by atoms with Crippen molar-refractivity contribution in [1.29, 1.82) is 0 Å². The number of carbonyl (C=O) groups excluding carboxylic acids is 2. The number of pyridine rings is 1. The minimum atomic E-state index is -0.0833. The molecule has 0 saturated carbocycles. The van der Waals surface area contributed by atoms with Gasteiger partial charge in [-0.25, -0.2) is 0 Å². The lowest BCUT2D eigenvalue weighted by molar-refractivity contribution is -0.0632. The van der Waals surface area contributed by atoms with Crippen LogP contribution in [0.25, 0.3) is 0 Å². The van der Waals surface area contributed by atoms with Gasteiger partial charge >= 0.3 is 0 Å². The van der Waals surface area contributed by atoms with Crippen LogP contribution in [0, 0.1) is 11.8 Å². The van der Waals surface area contributed by atoms with Gasteiger partial charge in [-0.3, -0.25) is 24.6 Å². The van der Waals surface area contributed by atoms with Crippen molar-refractivity contribution in [3.05, 3.63) is 48.0 Å². The average molecular weight is 409 g/mol. The summed E-state index contributed by atoms with van der Waals surface area (Å²) in [5.74, 6) is 0.810. The van der Waals surface area contributed by atoms with Gasteiger partial charge in [-0.15, -0.1) is 0 Å². The van der Waals surface area contributed by atoms with Gasteiger partial charge in [0.25, 0.3) is 11.8 Å². The van der Waals surface area contributed by atoms with Crippen LogP contribution in [-0.4, -0.2) is 75.1 Å². The third kappa shape index (κ3) is 3.60. The molecule has 158 valence electrons. The van der Waals surface area contributed by atoms with Crippen LogP contribution < -0.4 is 5.32 Å². The number of fused-ring (bicyclic) bond motifs is 4. The number of aromatic nitrogens is 3. The van der Waals surface area contributed by atoms with Gasteiger partial charge < -0.3 is 10.2 Å². The SMILES string of the molecule is O=C(NC[C@H]1[C@H]2C[C@H](CN(C(=O)c3ccn[nH]3)C2)[C@@H]2CCCCN21)c1cccnc1. The Balaban J connectivity index is 1.33. The molecule has 8 heteroatoms. The minimum absolute atomic E-state index is 0.0320. The molecule has 4 atom stereocenters. The standard InChI is InChI=1S/C22H28N6O2/c29-21(15-4-3-7-23-11-15)24-12-20-17-10-16(19-5-1-2-9-28(19)20)13-27(14-17)22(30)18-6-8-25-26-18/h3-4,6-8,11,16-17,19-20H,1-2,5,9-10,12-14H2,(H,24,29)(H,25,26)/t16-,17+,19+,20+/m1/s1. The Morgan fingerprint density at radius 2 is 2.07 bits per heavy atom. The molecule has 5 rings (SSSR count). The summed E-state index contributed by atoms with van der Waals surface area (Å²) in [6, 6.07) is 6.05. The van der Waals surface area contributed by atoms with Crippen molar-refractivity contribution >= 4 is 11.8 Å². The highest BCUT2D eigenvalue weighted by Gasteiger charge is 2.48. The third-order valence-electron chi connectivity index (χ3n) is 7.04. The molecule has 3 fully saturated rings. The number of amides is 2. The molecule has 0 unspecified atom stereocenters. The number of aromatic amines is 1. The molecule has 30 heavy (non-hydrogen) atoms. The maximum absolute atomic E-state index is 13.0. The van der Waals surface area contributed by atoms with E-state index in [4.69, 9.17) is 0 Å². The summed E-state index contributed by atoms with van der Waals surface area (Å²) in [4.78, 5) is 34.2. The third-order valence-corrected chi connectivity index (χ3v) is 7.04. The fourth-order valence-corrected chi connectivity index (χ4v) is 5.70. The molecule has 0 aliphatic carbocycles. The molecule has 5 heterocycles. The second kappa shape index (κ2) is 8.18. The summed E-state index contributed by atoms with van der Waals surface area (Å²) in [5, 5.41) is 9.88. The average Bonchev–Trinajstić information content (AvgIpc) is 3.34. The quantitative estimate of drug-likeness (QED) is 0.801. The van der Waals surface area contributed by atoms with Crippen LogP contribution in [0.2, 0.25) is 0 Å². The Morgan fingerprint density at radius 3 is 2.87 bits per heavy atom. The second-order valence-electron chi connectivity index (χ2n) is 8.76. The van der Waals surface area contributed by atoms with Crippen LogP contribution in [0.15, 0.2) is 36.8 Å². The molecular formula is C22H28N6O2. The van der Waals surface area contributed by atoms with Crippen molar-refractivity contribution in [3.63, 3.8) is 0 Å².